The van der Waals surface area contributed by atoms with E-state index in [1.165, 1.54) is 0 Å². The van der Waals surface area contributed by atoms with Crippen LogP contribution in [0.5, 0.6) is 5.75 Å². The minimum absolute atomic E-state index is 0.0498. The molecule has 1 fully saturated rings. The second-order valence-electron chi connectivity index (χ2n) is 6.11. The molecule has 1 atom stereocenters. The number of hydrogen-bond acceptors (Lipinski definition) is 5. The van der Waals surface area contributed by atoms with E-state index in [1.54, 1.807) is 42.5 Å². The summed E-state index contributed by atoms with van der Waals surface area (Å²) in [4.78, 5) is 31.1. The number of nitrogens with zero attached hydrogens (tertiary/aromatic N) is 3. The second kappa shape index (κ2) is 8.01. The fourth-order valence-electron chi connectivity index (χ4n) is 3.03. The van der Waals surface area contributed by atoms with Crippen LogP contribution >= 0.6 is 0 Å². The van der Waals surface area contributed by atoms with Crippen molar-refractivity contribution >= 4 is 11.8 Å². The second-order valence-corrected chi connectivity index (χ2v) is 6.11. The van der Waals surface area contributed by atoms with Gasteiger partial charge < -0.3 is 24.8 Å². The van der Waals surface area contributed by atoms with Crippen LogP contribution in [-0.4, -0.2) is 59.6 Å². The van der Waals surface area contributed by atoms with Gasteiger partial charge in [0, 0.05) is 44.6 Å². The summed E-state index contributed by atoms with van der Waals surface area (Å²) < 4.78 is 6.99. The lowest BCUT2D eigenvalue weighted by Gasteiger charge is -2.35. The van der Waals surface area contributed by atoms with Crippen LogP contribution < -0.4 is 15.4 Å². The van der Waals surface area contributed by atoms with Gasteiger partial charge in [0.1, 0.15) is 17.6 Å². The lowest BCUT2D eigenvalue weighted by atomic mass is 10.1. The van der Waals surface area contributed by atoms with E-state index in [1.807, 2.05) is 17.8 Å². The van der Waals surface area contributed by atoms with E-state index in [9.17, 15) is 9.59 Å². The molecule has 1 aliphatic heterocycles. The number of hydrogen-bond donors (Lipinski definition) is 2. The van der Waals surface area contributed by atoms with Crippen molar-refractivity contribution in [3.63, 3.8) is 0 Å². The van der Waals surface area contributed by atoms with Gasteiger partial charge in [-0.2, -0.15) is 0 Å². The van der Waals surface area contributed by atoms with Gasteiger partial charge in [0.05, 0.1) is 13.7 Å². The molecular weight excluding hydrogens is 334 g/mol. The number of imidazole rings is 1. The summed E-state index contributed by atoms with van der Waals surface area (Å²) in [7, 11) is 3.48. The van der Waals surface area contributed by atoms with Crippen molar-refractivity contribution in [2.45, 2.75) is 6.04 Å². The average molecular weight is 357 g/mol. The molecule has 1 unspecified atom stereocenters. The van der Waals surface area contributed by atoms with Crippen molar-refractivity contribution in [2.75, 3.05) is 33.3 Å². The van der Waals surface area contributed by atoms with Gasteiger partial charge >= 0.3 is 0 Å². The summed E-state index contributed by atoms with van der Waals surface area (Å²) in [6, 6.07) is 6.61. The van der Waals surface area contributed by atoms with Crippen LogP contribution in [0.15, 0.2) is 36.7 Å². The summed E-state index contributed by atoms with van der Waals surface area (Å²) in [6.45, 7) is 1.89. The van der Waals surface area contributed by atoms with Crippen molar-refractivity contribution in [1.82, 2.24) is 25.1 Å². The van der Waals surface area contributed by atoms with E-state index in [0.29, 0.717) is 24.4 Å². The zero-order chi connectivity index (χ0) is 18.5. The standard InChI is InChI=1S/C18H23N5O3/c1-22-9-8-20-17(22)15-11-19-7-10-23(15)16(24)12-21-18(25)13-3-5-14(26-2)6-4-13/h3-6,8-9,15,19H,7,10-12H2,1-2H3,(H,21,25). The summed E-state index contributed by atoms with van der Waals surface area (Å²) in [5.41, 5.74) is 0.486. The number of nitrogens with one attached hydrogen (secondary N) is 2. The Morgan fingerprint density at radius 1 is 1.35 bits per heavy atom. The van der Waals surface area contributed by atoms with Gasteiger partial charge in [-0.25, -0.2) is 4.98 Å². The molecule has 0 aliphatic carbocycles. The molecule has 0 bridgehead atoms. The van der Waals surface area contributed by atoms with Gasteiger partial charge in [0.15, 0.2) is 0 Å². The molecule has 1 saturated heterocycles. The number of carbonyl (C=O) groups is 2. The Bertz CT molecular complexity index is 771. The molecule has 2 aromatic rings. The van der Waals surface area contributed by atoms with Crippen LogP contribution in [0.25, 0.3) is 0 Å². The number of amides is 2. The molecule has 0 radical (unpaired) electrons. The summed E-state index contributed by atoms with van der Waals surface area (Å²) in [5.74, 6) is 1.09. The van der Waals surface area contributed by atoms with Gasteiger partial charge in [0.2, 0.25) is 5.91 Å². The molecule has 0 saturated carbocycles. The maximum atomic E-state index is 12.7. The van der Waals surface area contributed by atoms with E-state index in [0.717, 1.165) is 12.4 Å². The fourth-order valence-corrected chi connectivity index (χ4v) is 3.03. The molecule has 8 nitrogen and oxygen atoms in total. The first-order chi connectivity index (χ1) is 12.6. The molecule has 1 aliphatic rings. The topological polar surface area (TPSA) is 88.5 Å². The third-order valence-electron chi connectivity index (χ3n) is 4.47. The molecule has 8 heteroatoms. The van der Waals surface area contributed by atoms with Crippen LogP contribution in [0.3, 0.4) is 0 Å². The number of methoxy groups -OCH3 is 1. The maximum Gasteiger partial charge on any atom is 0.251 e. The predicted molar refractivity (Wildman–Crippen MR) is 95.9 cm³/mol. The summed E-state index contributed by atoms with van der Waals surface area (Å²) in [6.07, 6.45) is 3.58. The van der Waals surface area contributed by atoms with E-state index < -0.39 is 0 Å². The molecule has 3 rings (SSSR count). The molecule has 26 heavy (non-hydrogen) atoms. The van der Waals surface area contributed by atoms with E-state index in [-0.39, 0.29) is 24.4 Å². The highest BCUT2D eigenvalue weighted by Gasteiger charge is 2.30. The van der Waals surface area contributed by atoms with Crippen LogP contribution in [0.2, 0.25) is 0 Å². The van der Waals surface area contributed by atoms with Gasteiger partial charge in [-0.1, -0.05) is 0 Å². The Labute approximate surface area is 152 Å². The van der Waals surface area contributed by atoms with Gasteiger partial charge in [-0.05, 0) is 24.3 Å². The Morgan fingerprint density at radius 2 is 2.12 bits per heavy atom. The molecule has 1 aromatic carbocycles. The monoisotopic (exact) mass is 357 g/mol. The van der Waals surface area contributed by atoms with Gasteiger partial charge in [-0.3, -0.25) is 9.59 Å². The largest absolute Gasteiger partial charge is 0.497 e. The molecule has 2 heterocycles. The van der Waals surface area contributed by atoms with Gasteiger partial charge in [0.25, 0.3) is 5.91 Å². The average Bonchev–Trinajstić information content (AvgIpc) is 3.11. The Balaban J connectivity index is 1.62. The highest BCUT2D eigenvalue weighted by molar-refractivity contribution is 5.96. The van der Waals surface area contributed by atoms with Crippen molar-refractivity contribution in [2.24, 2.45) is 7.05 Å². The van der Waals surface area contributed by atoms with E-state index >= 15 is 0 Å². The molecule has 2 amide bonds. The van der Waals surface area contributed by atoms with Crippen molar-refractivity contribution < 1.29 is 14.3 Å². The first-order valence-electron chi connectivity index (χ1n) is 8.50. The maximum absolute atomic E-state index is 12.7. The molecule has 2 N–H and O–H groups in total. The molecule has 0 spiro atoms. The number of carbonyl (C=O) groups excluding carboxylic acids is 2. The normalized spacial score (nSPS) is 17.0. The van der Waals surface area contributed by atoms with Crippen LogP contribution in [0, 0.1) is 0 Å². The molecular formula is C18H23N5O3. The quantitative estimate of drug-likeness (QED) is 0.805. The van der Waals surface area contributed by atoms with E-state index in [4.69, 9.17) is 4.74 Å². The Kier molecular flexibility index (Phi) is 5.52. The SMILES string of the molecule is COc1ccc(C(=O)NCC(=O)N2CCNCC2c2nccn2C)cc1. The Hall–Kier alpha value is -2.87. The third kappa shape index (κ3) is 3.85. The fraction of sp³-hybridized carbons (Fsp3) is 0.389. The molecule has 138 valence electrons. The lowest BCUT2D eigenvalue weighted by Crippen LogP contribution is -2.52. The Morgan fingerprint density at radius 3 is 2.77 bits per heavy atom. The van der Waals surface area contributed by atoms with Crippen LogP contribution in [0.4, 0.5) is 0 Å². The number of piperazine rings is 1. The number of ether oxygens (including phenoxy) is 1. The third-order valence-corrected chi connectivity index (χ3v) is 4.47. The highest BCUT2D eigenvalue weighted by atomic mass is 16.5. The zero-order valence-electron chi connectivity index (χ0n) is 14.9. The van der Waals surface area contributed by atoms with Crippen molar-refractivity contribution in [3.05, 3.63) is 48.0 Å². The van der Waals surface area contributed by atoms with Gasteiger partial charge in [-0.15, -0.1) is 0 Å². The smallest absolute Gasteiger partial charge is 0.251 e. The highest BCUT2D eigenvalue weighted by Crippen LogP contribution is 2.20. The number of rotatable bonds is 5. The minimum Gasteiger partial charge on any atom is -0.497 e. The summed E-state index contributed by atoms with van der Waals surface area (Å²) >= 11 is 0. The summed E-state index contributed by atoms with van der Waals surface area (Å²) in [5, 5.41) is 5.99. The first kappa shape index (κ1) is 17.9. The van der Waals surface area contributed by atoms with E-state index in [2.05, 4.69) is 15.6 Å². The lowest BCUT2D eigenvalue weighted by molar-refractivity contribution is -0.133. The number of aromatic nitrogens is 2. The molecule has 1 aromatic heterocycles. The van der Waals surface area contributed by atoms with Crippen LogP contribution in [-0.2, 0) is 11.8 Å². The minimum atomic E-state index is -0.287. The number of benzene rings is 1. The zero-order valence-corrected chi connectivity index (χ0v) is 14.9. The first-order valence-corrected chi connectivity index (χ1v) is 8.50. The van der Waals surface area contributed by atoms with Crippen molar-refractivity contribution in [1.29, 1.82) is 0 Å². The predicted octanol–water partition coefficient (Wildman–Crippen LogP) is 0.332. The van der Waals surface area contributed by atoms with Crippen LogP contribution in [0.1, 0.15) is 22.2 Å². The number of aryl methyl sites for hydroxylation is 1. The van der Waals surface area contributed by atoms with Crippen molar-refractivity contribution in [3.8, 4) is 5.75 Å².